The molecule has 0 radical (unpaired) electrons. The summed E-state index contributed by atoms with van der Waals surface area (Å²) in [7, 11) is 0. The van der Waals surface area contributed by atoms with Crippen LogP contribution in [0.15, 0.2) is 54.1 Å². The van der Waals surface area contributed by atoms with Gasteiger partial charge >= 0.3 is 6.03 Å². The molecule has 2 aromatic carbocycles. The molecule has 0 atom stereocenters. The van der Waals surface area contributed by atoms with Crippen LogP contribution in [0.2, 0.25) is 0 Å². The number of urea groups is 1. The van der Waals surface area contributed by atoms with Crippen molar-refractivity contribution in [3.05, 3.63) is 65.2 Å². The molecule has 144 valence electrons. The second-order valence-electron chi connectivity index (χ2n) is 6.36. The third-order valence-electron chi connectivity index (χ3n) is 4.39. The summed E-state index contributed by atoms with van der Waals surface area (Å²) in [5.74, 6) is -0.807. The number of barbiturate groups is 1. The molecule has 0 aliphatic carbocycles. The first-order valence-corrected chi connectivity index (χ1v) is 9.27. The van der Waals surface area contributed by atoms with Gasteiger partial charge in [-0.05, 0) is 42.7 Å². The molecule has 1 heterocycles. The lowest BCUT2D eigenvalue weighted by Crippen LogP contribution is -2.54. The zero-order chi connectivity index (χ0) is 20.1. The zero-order valence-electron chi connectivity index (χ0n) is 15.9. The monoisotopic (exact) mass is 378 g/mol. The van der Waals surface area contributed by atoms with E-state index in [1.54, 1.807) is 30.3 Å². The van der Waals surface area contributed by atoms with Gasteiger partial charge in [0.25, 0.3) is 11.8 Å². The van der Waals surface area contributed by atoms with Crippen molar-refractivity contribution in [1.29, 1.82) is 0 Å². The molecular formula is C22H22N2O4. The Morgan fingerprint density at radius 2 is 1.71 bits per heavy atom. The lowest BCUT2D eigenvalue weighted by molar-refractivity contribution is -0.122. The van der Waals surface area contributed by atoms with Gasteiger partial charge in [-0.3, -0.25) is 14.9 Å². The van der Waals surface area contributed by atoms with Gasteiger partial charge in [-0.15, -0.1) is 0 Å². The molecular weight excluding hydrogens is 356 g/mol. The van der Waals surface area contributed by atoms with E-state index in [2.05, 4.69) is 5.32 Å². The maximum Gasteiger partial charge on any atom is 0.335 e. The third kappa shape index (κ3) is 3.96. The van der Waals surface area contributed by atoms with Crippen molar-refractivity contribution in [1.82, 2.24) is 5.32 Å². The Morgan fingerprint density at radius 3 is 2.39 bits per heavy atom. The highest BCUT2D eigenvalue weighted by atomic mass is 16.5. The summed E-state index contributed by atoms with van der Waals surface area (Å²) in [6.07, 6.45) is 3.14. The summed E-state index contributed by atoms with van der Waals surface area (Å²) < 4.78 is 5.69. The van der Waals surface area contributed by atoms with Crippen molar-refractivity contribution < 1.29 is 19.1 Å². The average molecular weight is 378 g/mol. The summed E-state index contributed by atoms with van der Waals surface area (Å²) in [6.45, 7) is 4.53. The maximum absolute atomic E-state index is 13.0. The van der Waals surface area contributed by atoms with Gasteiger partial charge in [0.1, 0.15) is 11.3 Å². The molecule has 3 rings (SSSR count). The minimum atomic E-state index is -0.757. The molecule has 1 fully saturated rings. The van der Waals surface area contributed by atoms with E-state index >= 15 is 0 Å². The summed E-state index contributed by atoms with van der Waals surface area (Å²) >= 11 is 0. The van der Waals surface area contributed by atoms with Crippen LogP contribution in [0.4, 0.5) is 10.5 Å². The number of para-hydroxylation sites is 1. The number of carbonyl (C=O) groups excluding carboxylic acids is 3. The van der Waals surface area contributed by atoms with Gasteiger partial charge in [-0.2, -0.15) is 0 Å². The number of hydrogen-bond acceptors (Lipinski definition) is 4. The summed E-state index contributed by atoms with van der Waals surface area (Å²) in [5, 5.41) is 2.24. The highest BCUT2D eigenvalue weighted by Gasteiger charge is 2.36. The number of hydrogen-bond donors (Lipinski definition) is 1. The first-order valence-electron chi connectivity index (χ1n) is 9.27. The smallest absolute Gasteiger partial charge is 0.335 e. The molecule has 0 unspecified atom stereocenters. The maximum atomic E-state index is 13.0. The van der Waals surface area contributed by atoms with Crippen molar-refractivity contribution >= 4 is 29.6 Å². The average Bonchev–Trinajstić information content (AvgIpc) is 2.70. The molecule has 6 heteroatoms. The fourth-order valence-corrected chi connectivity index (χ4v) is 2.87. The van der Waals surface area contributed by atoms with E-state index in [-0.39, 0.29) is 5.57 Å². The number of anilines is 1. The van der Waals surface area contributed by atoms with Crippen molar-refractivity contribution in [3.8, 4) is 5.75 Å². The van der Waals surface area contributed by atoms with Crippen LogP contribution in [0.1, 0.15) is 31.4 Å². The van der Waals surface area contributed by atoms with Crippen LogP contribution in [-0.2, 0) is 16.0 Å². The van der Waals surface area contributed by atoms with E-state index in [1.807, 2.05) is 32.0 Å². The van der Waals surface area contributed by atoms with Gasteiger partial charge < -0.3 is 4.74 Å². The van der Waals surface area contributed by atoms with Gasteiger partial charge in [-0.25, -0.2) is 9.69 Å². The standard InChI is InChI=1S/C22H22N2O4/c1-3-13-28-19-8-6-5-7-16(19)14-18-20(25)23-22(27)24(21(18)26)17-11-9-15(4-2)10-12-17/h5-12,14H,3-4,13H2,1-2H3,(H,23,25,27)/b18-14+. The quantitative estimate of drug-likeness (QED) is 0.614. The predicted octanol–water partition coefficient (Wildman–Crippen LogP) is 3.70. The summed E-state index contributed by atoms with van der Waals surface area (Å²) in [5.41, 5.74) is 1.98. The van der Waals surface area contributed by atoms with Crippen LogP contribution < -0.4 is 15.0 Å². The molecule has 0 aromatic heterocycles. The lowest BCUT2D eigenvalue weighted by Gasteiger charge is -2.26. The molecule has 1 aliphatic rings. The number of ether oxygens (including phenoxy) is 1. The molecule has 1 aliphatic heterocycles. The molecule has 28 heavy (non-hydrogen) atoms. The molecule has 1 saturated heterocycles. The van der Waals surface area contributed by atoms with Crippen LogP contribution in [0, 0.1) is 0 Å². The topological polar surface area (TPSA) is 75.7 Å². The number of benzene rings is 2. The number of rotatable bonds is 6. The minimum Gasteiger partial charge on any atom is -0.493 e. The number of amides is 4. The highest BCUT2D eigenvalue weighted by Crippen LogP contribution is 2.25. The summed E-state index contributed by atoms with van der Waals surface area (Å²) in [6, 6.07) is 13.5. The van der Waals surface area contributed by atoms with E-state index in [4.69, 9.17) is 4.74 Å². The van der Waals surface area contributed by atoms with Crippen molar-refractivity contribution in [3.63, 3.8) is 0 Å². The number of aryl methyl sites for hydroxylation is 1. The fraction of sp³-hybridized carbons (Fsp3) is 0.227. The molecule has 1 N–H and O–H groups in total. The van der Waals surface area contributed by atoms with Gasteiger partial charge in [0, 0.05) is 5.56 Å². The number of carbonyl (C=O) groups is 3. The van der Waals surface area contributed by atoms with Gasteiger partial charge in [0.2, 0.25) is 0 Å². The van der Waals surface area contributed by atoms with E-state index < -0.39 is 17.8 Å². The van der Waals surface area contributed by atoms with E-state index in [1.165, 1.54) is 6.08 Å². The van der Waals surface area contributed by atoms with Gasteiger partial charge in [0.15, 0.2) is 0 Å². The van der Waals surface area contributed by atoms with Crippen LogP contribution in [-0.4, -0.2) is 24.5 Å². The van der Waals surface area contributed by atoms with Crippen LogP contribution in [0.5, 0.6) is 5.75 Å². The van der Waals surface area contributed by atoms with Crippen LogP contribution >= 0.6 is 0 Å². The van der Waals surface area contributed by atoms with E-state index in [0.717, 1.165) is 23.3 Å². The normalized spacial score (nSPS) is 15.7. The Morgan fingerprint density at radius 1 is 1.00 bits per heavy atom. The lowest BCUT2D eigenvalue weighted by atomic mass is 10.1. The second kappa shape index (κ2) is 8.52. The number of nitrogens with one attached hydrogen (secondary N) is 1. The SMILES string of the molecule is CCCOc1ccccc1/C=C1\C(=O)NC(=O)N(c2ccc(CC)cc2)C1=O. The second-order valence-corrected chi connectivity index (χ2v) is 6.36. The largest absolute Gasteiger partial charge is 0.493 e. The third-order valence-corrected chi connectivity index (χ3v) is 4.39. The Kier molecular flexibility index (Phi) is 5.89. The van der Waals surface area contributed by atoms with E-state index in [0.29, 0.717) is 23.6 Å². The molecule has 0 spiro atoms. The number of imide groups is 2. The van der Waals surface area contributed by atoms with Crippen LogP contribution in [0.3, 0.4) is 0 Å². The Bertz CT molecular complexity index is 932. The first kappa shape index (κ1) is 19.4. The van der Waals surface area contributed by atoms with Crippen molar-refractivity contribution in [2.75, 3.05) is 11.5 Å². The highest BCUT2D eigenvalue weighted by molar-refractivity contribution is 6.39. The van der Waals surface area contributed by atoms with Gasteiger partial charge in [-0.1, -0.05) is 44.2 Å². The number of nitrogens with zero attached hydrogens (tertiary/aromatic N) is 1. The van der Waals surface area contributed by atoms with Crippen LogP contribution in [0.25, 0.3) is 6.08 Å². The zero-order valence-corrected chi connectivity index (χ0v) is 15.9. The Hall–Kier alpha value is -3.41. The van der Waals surface area contributed by atoms with Gasteiger partial charge in [0.05, 0.1) is 12.3 Å². The molecule has 0 bridgehead atoms. The Labute approximate surface area is 163 Å². The van der Waals surface area contributed by atoms with E-state index in [9.17, 15) is 14.4 Å². The molecule has 4 amide bonds. The molecule has 2 aromatic rings. The predicted molar refractivity (Wildman–Crippen MR) is 107 cm³/mol. The molecule has 6 nitrogen and oxygen atoms in total. The van der Waals surface area contributed by atoms with Crippen molar-refractivity contribution in [2.24, 2.45) is 0 Å². The summed E-state index contributed by atoms with van der Waals surface area (Å²) in [4.78, 5) is 38.6. The Balaban J connectivity index is 1.97. The fourth-order valence-electron chi connectivity index (χ4n) is 2.87. The minimum absolute atomic E-state index is 0.119. The van der Waals surface area contributed by atoms with Crippen molar-refractivity contribution in [2.45, 2.75) is 26.7 Å². The first-order chi connectivity index (χ1) is 13.5. The molecule has 0 saturated carbocycles.